The van der Waals surface area contributed by atoms with Crippen molar-refractivity contribution in [2.24, 2.45) is 0 Å². The minimum absolute atomic E-state index is 0.223. The van der Waals surface area contributed by atoms with E-state index in [0.717, 1.165) is 11.4 Å². The molecule has 0 spiro atoms. The summed E-state index contributed by atoms with van der Waals surface area (Å²) in [4.78, 5) is 10.6. The molecule has 0 radical (unpaired) electrons. The van der Waals surface area contributed by atoms with Crippen LogP contribution in [0.4, 0.5) is 5.69 Å². The lowest BCUT2D eigenvalue weighted by molar-refractivity contribution is -0.114. The maximum atomic E-state index is 10.6. The number of carbonyl (C=O) groups is 1. The van der Waals surface area contributed by atoms with Gasteiger partial charge in [-0.1, -0.05) is 12.1 Å². The van der Waals surface area contributed by atoms with Gasteiger partial charge in [-0.15, -0.1) is 11.8 Å². The fourth-order valence-electron chi connectivity index (χ4n) is 0.926. The molecule has 0 aliphatic rings. The minimum atomic E-state index is 0.223. The number of Topliss-reactive ketones (excluding diaryl/α,β-unsaturated/α-hetero) is 1. The van der Waals surface area contributed by atoms with Crippen LogP contribution in [-0.4, -0.2) is 11.5 Å². The molecule has 0 aliphatic carbocycles. The Morgan fingerprint density at radius 1 is 1.38 bits per heavy atom. The average molecular weight is 195 g/mol. The third kappa shape index (κ3) is 3.99. The van der Waals surface area contributed by atoms with E-state index in [1.54, 1.807) is 18.7 Å². The smallest absolute Gasteiger partial charge is 0.139 e. The first-order valence-electron chi connectivity index (χ1n) is 4.10. The van der Waals surface area contributed by atoms with Gasteiger partial charge in [0.1, 0.15) is 5.78 Å². The van der Waals surface area contributed by atoms with Gasteiger partial charge in [-0.2, -0.15) is 0 Å². The van der Waals surface area contributed by atoms with Crippen molar-refractivity contribution in [2.45, 2.75) is 12.7 Å². The van der Waals surface area contributed by atoms with E-state index in [1.165, 1.54) is 5.56 Å². The molecule has 0 saturated carbocycles. The Balaban J connectivity index is 2.37. The van der Waals surface area contributed by atoms with Crippen LogP contribution in [0.3, 0.4) is 0 Å². The Labute approximate surface area is 82.5 Å². The van der Waals surface area contributed by atoms with Gasteiger partial charge in [0.05, 0.1) is 5.75 Å². The van der Waals surface area contributed by atoms with E-state index in [-0.39, 0.29) is 5.78 Å². The first kappa shape index (κ1) is 10.1. The fourth-order valence-corrected chi connectivity index (χ4v) is 1.74. The van der Waals surface area contributed by atoms with E-state index in [9.17, 15) is 4.79 Å². The third-order valence-corrected chi connectivity index (χ3v) is 2.70. The molecule has 0 fully saturated rings. The highest BCUT2D eigenvalue weighted by Gasteiger charge is 1.95. The topological polar surface area (TPSA) is 43.1 Å². The summed E-state index contributed by atoms with van der Waals surface area (Å²) < 4.78 is 0. The Morgan fingerprint density at radius 2 is 2.00 bits per heavy atom. The van der Waals surface area contributed by atoms with Crippen molar-refractivity contribution in [1.29, 1.82) is 0 Å². The molecule has 0 saturated heterocycles. The molecule has 0 aromatic heterocycles. The van der Waals surface area contributed by atoms with Gasteiger partial charge >= 0.3 is 0 Å². The van der Waals surface area contributed by atoms with Crippen LogP contribution in [0.1, 0.15) is 12.5 Å². The second kappa shape index (κ2) is 4.92. The lowest BCUT2D eigenvalue weighted by atomic mass is 10.2. The van der Waals surface area contributed by atoms with Crippen molar-refractivity contribution < 1.29 is 4.79 Å². The maximum Gasteiger partial charge on any atom is 0.139 e. The van der Waals surface area contributed by atoms with Gasteiger partial charge < -0.3 is 5.73 Å². The minimum Gasteiger partial charge on any atom is -0.399 e. The molecule has 1 aromatic carbocycles. The van der Waals surface area contributed by atoms with Gasteiger partial charge in [0.25, 0.3) is 0 Å². The molecule has 0 aliphatic heterocycles. The summed E-state index contributed by atoms with van der Waals surface area (Å²) in [5.74, 6) is 1.69. The second-order valence-electron chi connectivity index (χ2n) is 2.94. The molecule has 2 N–H and O–H groups in total. The van der Waals surface area contributed by atoms with Crippen molar-refractivity contribution in [3.8, 4) is 0 Å². The Kier molecular flexibility index (Phi) is 3.83. The zero-order valence-electron chi connectivity index (χ0n) is 7.62. The molecule has 0 unspecified atom stereocenters. The second-order valence-corrected chi connectivity index (χ2v) is 3.92. The molecule has 0 heterocycles. The number of rotatable bonds is 4. The van der Waals surface area contributed by atoms with Crippen LogP contribution >= 0.6 is 11.8 Å². The van der Waals surface area contributed by atoms with Crippen molar-refractivity contribution in [3.63, 3.8) is 0 Å². The van der Waals surface area contributed by atoms with Crippen molar-refractivity contribution in [2.75, 3.05) is 11.5 Å². The average Bonchev–Trinajstić information content (AvgIpc) is 2.08. The first-order valence-corrected chi connectivity index (χ1v) is 5.25. The van der Waals surface area contributed by atoms with Crippen LogP contribution in [0.15, 0.2) is 24.3 Å². The van der Waals surface area contributed by atoms with Crippen molar-refractivity contribution >= 4 is 23.2 Å². The molecule has 0 atom stereocenters. The molecule has 0 amide bonds. The number of anilines is 1. The van der Waals surface area contributed by atoms with Gasteiger partial charge in [0, 0.05) is 11.4 Å². The van der Waals surface area contributed by atoms with E-state index in [1.807, 2.05) is 24.3 Å². The summed E-state index contributed by atoms with van der Waals surface area (Å²) >= 11 is 1.63. The third-order valence-electron chi connectivity index (χ3n) is 1.55. The quantitative estimate of drug-likeness (QED) is 0.748. The highest BCUT2D eigenvalue weighted by molar-refractivity contribution is 7.99. The van der Waals surface area contributed by atoms with E-state index >= 15 is 0 Å². The van der Waals surface area contributed by atoms with E-state index in [0.29, 0.717) is 5.75 Å². The molecule has 1 rings (SSSR count). The van der Waals surface area contributed by atoms with Gasteiger partial charge in [-0.25, -0.2) is 0 Å². The standard InChI is InChI=1S/C10H13NOS/c1-8(12)6-13-7-9-2-4-10(11)5-3-9/h2-5H,6-7,11H2,1H3. The monoisotopic (exact) mass is 195 g/mol. The number of carbonyl (C=O) groups excluding carboxylic acids is 1. The number of nitrogen functional groups attached to an aromatic ring is 1. The first-order chi connectivity index (χ1) is 6.18. The summed E-state index contributed by atoms with van der Waals surface area (Å²) in [5.41, 5.74) is 7.53. The molecule has 13 heavy (non-hydrogen) atoms. The molecule has 3 heteroatoms. The SMILES string of the molecule is CC(=O)CSCc1ccc(N)cc1. The predicted molar refractivity (Wildman–Crippen MR) is 57.7 cm³/mol. The van der Waals surface area contributed by atoms with Crippen LogP contribution in [0, 0.1) is 0 Å². The summed E-state index contributed by atoms with van der Waals surface area (Å²) in [7, 11) is 0. The fraction of sp³-hybridized carbons (Fsp3) is 0.300. The predicted octanol–water partition coefficient (Wildman–Crippen LogP) is 2.09. The number of benzene rings is 1. The van der Waals surface area contributed by atoms with Gasteiger partial charge in [-0.05, 0) is 24.6 Å². The Hall–Kier alpha value is -0.960. The van der Waals surface area contributed by atoms with Gasteiger partial charge in [0.15, 0.2) is 0 Å². The van der Waals surface area contributed by atoms with Crippen LogP contribution in [0.5, 0.6) is 0 Å². The van der Waals surface area contributed by atoms with Crippen LogP contribution < -0.4 is 5.73 Å². The molecular weight excluding hydrogens is 182 g/mol. The molecule has 70 valence electrons. The Morgan fingerprint density at radius 3 is 2.54 bits per heavy atom. The van der Waals surface area contributed by atoms with Crippen LogP contribution in [0.25, 0.3) is 0 Å². The van der Waals surface area contributed by atoms with Gasteiger partial charge in [0.2, 0.25) is 0 Å². The highest BCUT2D eigenvalue weighted by atomic mass is 32.2. The maximum absolute atomic E-state index is 10.6. The van der Waals surface area contributed by atoms with E-state index < -0.39 is 0 Å². The molecule has 2 nitrogen and oxygen atoms in total. The number of nitrogens with two attached hydrogens (primary N) is 1. The summed E-state index contributed by atoms with van der Waals surface area (Å²) in [6.07, 6.45) is 0. The summed E-state index contributed by atoms with van der Waals surface area (Å²) in [5, 5.41) is 0. The van der Waals surface area contributed by atoms with Crippen LogP contribution in [-0.2, 0) is 10.5 Å². The lowest BCUT2D eigenvalue weighted by Gasteiger charge is -2.00. The number of ketones is 1. The van der Waals surface area contributed by atoms with Crippen molar-refractivity contribution in [3.05, 3.63) is 29.8 Å². The van der Waals surface area contributed by atoms with Crippen LogP contribution in [0.2, 0.25) is 0 Å². The Bertz CT molecular complexity index is 281. The number of hydrogen-bond donors (Lipinski definition) is 1. The van der Waals surface area contributed by atoms with E-state index in [2.05, 4.69) is 0 Å². The number of thioether (sulfide) groups is 1. The zero-order chi connectivity index (χ0) is 9.68. The highest BCUT2D eigenvalue weighted by Crippen LogP contribution is 2.13. The number of hydrogen-bond acceptors (Lipinski definition) is 3. The summed E-state index contributed by atoms with van der Waals surface area (Å²) in [6, 6.07) is 7.73. The zero-order valence-corrected chi connectivity index (χ0v) is 8.43. The molecule has 1 aromatic rings. The largest absolute Gasteiger partial charge is 0.399 e. The lowest BCUT2D eigenvalue weighted by Crippen LogP contribution is -1.94. The molecule has 0 bridgehead atoms. The van der Waals surface area contributed by atoms with Crippen molar-refractivity contribution in [1.82, 2.24) is 0 Å². The van der Waals surface area contributed by atoms with Gasteiger partial charge in [-0.3, -0.25) is 4.79 Å². The summed E-state index contributed by atoms with van der Waals surface area (Å²) in [6.45, 7) is 1.61. The van der Waals surface area contributed by atoms with E-state index in [4.69, 9.17) is 5.73 Å². The molecular formula is C10H13NOS. The normalized spacial score (nSPS) is 9.92.